The molecule has 2 nitrogen and oxygen atoms in total. The van der Waals surface area contributed by atoms with Crippen molar-refractivity contribution in [3.63, 3.8) is 0 Å². The molecule has 1 unspecified atom stereocenters. The number of benzene rings is 2. The van der Waals surface area contributed by atoms with Crippen LogP contribution in [0.2, 0.25) is 0 Å². The van der Waals surface area contributed by atoms with E-state index in [1.807, 2.05) is 30.3 Å². The molecule has 0 aliphatic heterocycles. The molecule has 0 saturated heterocycles. The van der Waals surface area contributed by atoms with Crippen LogP contribution in [0.3, 0.4) is 0 Å². The third kappa shape index (κ3) is 4.46. The molecule has 0 spiro atoms. The Kier molecular flexibility index (Phi) is 5.58. The predicted octanol–water partition coefficient (Wildman–Crippen LogP) is 3.71. The molecule has 2 aromatic rings. The van der Waals surface area contributed by atoms with Gasteiger partial charge < -0.3 is 10.5 Å². The highest BCUT2D eigenvalue weighted by atomic mass is 79.9. The van der Waals surface area contributed by atoms with Crippen LogP contribution in [0.4, 0.5) is 0 Å². The van der Waals surface area contributed by atoms with E-state index < -0.39 is 0 Å². The minimum Gasteiger partial charge on any atom is -0.376 e. The molecule has 2 rings (SSSR count). The van der Waals surface area contributed by atoms with Crippen molar-refractivity contribution < 1.29 is 4.74 Å². The molecule has 2 aromatic carbocycles. The van der Waals surface area contributed by atoms with Gasteiger partial charge in [0.1, 0.15) is 0 Å². The van der Waals surface area contributed by atoms with Gasteiger partial charge in [0.15, 0.2) is 0 Å². The molecule has 0 aromatic heterocycles. The van der Waals surface area contributed by atoms with Crippen molar-refractivity contribution >= 4 is 15.9 Å². The predicted molar refractivity (Wildman–Crippen MR) is 82.0 cm³/mol. The number of halogens is 1. The Balaban J connectivity index is 1.89. The fraction of sp³-hybridized carbons (Fsp3) is 0.250. The van der Waals surface area contributed by atoms with E-state index in [-0.39, 0.29) is 5.92 Å². The van der Waals surface area contributed by atoms with Crippen LogP contribution in [0.5, 0.6) is 0 Å². The van der Waals surface area contributed by atoms with Crippen LogP contribution in [0, 0.1) is 0 Å². The average molecular weight is 320 g/mol. The number of hydrogen-bond acceptors (Lipinski definition) is 2. The summed E-state index contributed by atoms with van der Waals surface area (Å²) in [5, 5.41) is 0. The molecule has 3 heteroatoms. The van der Waals surface area contributed by atoms with Gasteiger partial charge in [-0.3, -0.25) is 0 Å². The zero-order chi connectivity index (χ0) is 13.5. The molecule has 0 fully saturated rings. The van der Waals surface area contributed by atoms with E-state index in [9.17, 15) is 0 Å². The topological polar surface area (TPSA) is 35.2 Å². The summed E-state index contributed by atoms with van der Waals surface area (Å²) < 4.78 is 6.85. The summed E-state index contributed by atoms with van der Waals surface area (Å²) in [6.07, 6.45) is 0. The lowest BCUT2D eigenvalue weighted by atomic mass is 10.0. The summed E-state index contributed by atoms with van der Waals surface area (Å²) >= 11 is 3.48. The van der Waals surface area contributed by atoms with E-state index in [1.165, 1.54) is 11.1 Å². The molecule has 0 heterocycles. The number of ether oxygens (including phenoxy) is 1. The van der Waals surface area contributed by atoms with Gasteiger partial charge in [0, 0.05) is 16.9 Å². The van der Waals surface area contributed by atoms with Gasteiger partial charge in [0.25, 0.3) is 0 Å². The van der Waals surface area contributed by atoms with Crippen LogP contribution in [-0.4, -0.2) is 13.2 Å². The first-order valence-corrected chi connectivity index (χ1v) is 7.16. The number of hydrogen-bond donors (Lipinski definition) is 1. The van der Waals surface area contributed by atoms with Crippen molar-refractivity contribution in [3.05, 3.63) is 70.2 Å². The van der Waals surface area contributed by atoms with Crippen LogP contribution < -0.4 is 5.73 Å². The van der Waals surface area contributed by atoms with E-state index in [0.717, 1.165) is 4.47 Å². The van der Waals surface area contributed by atoms with Crippen LogP contribution in [0.25, 0.3) is 0 Å². The maximum Gasteiger partial charge on any atom is 0.0717 e. The Bertz CT molecular complexity index is 501. The van der Waals surface area contributed by atoms with Gasteiger partial charge >= 0.3 is 0 Å². The fourth-order valence-electron chi connectivity index (χ4n) is 1.95. The SMILES string of the molecule is NCC(COCc1ccccc1)c1cccc(Br)c1. The molecule has 0 bridgehead atoms. The Morgan fingerprint density at radius 1 is 1.05 bits per heavy atom. The van der Waals surface area contributed by atoms with Crippen molar-refractivity contribution in [2.24, 2.45) is 5.73 Å². The number of nitrogens with two attached hydrogens (primary N) is 1. The first-order chi connectivity index (χ1) is 9.29. The quantitative estimate of drug-likeness (QED) is 0.881. The average Bonchev–Trinajstić information content (AvgIpc) is 2.45. The molecule has 0 amide bonds. The molecule has 100 valence electrons. The summed E-state index contributed by atoms with van der Waals surface area (Å²) in [4.78, 5) is 0. The molecule has 0 radical (unpaired) electrons. The van der Waals surface area contributed by atoms with Crippen molar-refractivity contribution in [3.8, 4) is 0 Å². The molecule has 2 N–H and O–H groups in total. The lowest BCUT2D eigenvalue weighted by molar-refractivity contribution is 0.108. The van der Waals surface area contributed by atoms with Gasteiger partial charge in [-0.05, 0) is 23.3 Å². The van der Waals surface area contributed by atoms with Gasteiger partial charge in [-0.2, -0.15) is 0 Å². The first kappa shape index (κ1) is 14.3. The molecule has 0 saturated carbocycles. The highest BCUT2D eigenvalue weighted by Crippen LogP contribution is 2.20. The van der Waals surface area contributed by atoms with E-state index >= 15 is 0 Å². The van der Waals surface area contributed by atoms with E-state index in [4.69, 9.17) is 10.5 Å². The van der Waals surface area contributed by atoms with Gasteiger partial charge in [0.2, 0.25) is 0 Å². The molecule has 1 atom stereocenters. The second-order valence-electron chi connectivity index (χ2n) is 4.49. The monoisotopic (exact) mass is 319 g/mol. The summed E-state index contributed by atoms with van der Waals surface area (Å²) in [6, 6.07) is 18.4. The zero-order valence-electron chi connectivity index (χ0n) is 10.8. The maximum atomic E-state index is 5.84. The summed E-state index contributed by atoms with van der Waals surface area (Å²) in [5.74, 6) is 0.237. The third-order valence-electron chi connectivity index (χ3n) is 3.04. The normalized spacial score (nSPS) is 12.3. The van der Waals surface area contributed by atoms with Gasteiger partial charge in [-0.15, -0.1) is 0 Å². The van der Waals surface area contributed by atoms with Crippen molar-refractivity contribution in [2.45, 2.75) is 12.5 Å². The van der Waals surface area contributed by atoms with Crippen LogP contribution in [0.1, 0.15) is 17.0 Å². The lowest BCUT2D eigenvalue weighted by Gasteiger charge is -2.16. The van der Waals surface area contributed by atoms with Crippen LogP contribution >= 0.6 is 15.9 Å². The third-order valence-corrected chi connectivity index (χ3v) is 3.53. The molecule has 0 aliphatic rings. The fourth-order valence-corrected chi connectivity index (χ4v) is 2.37. The van der Waals surface area contributed by atoms with Crippen LogP contribution in [0.15, 0.2) is 59.1 Å². The molecule has 0 aliphatic carbocycles. The maximum absolute atomic E-state index is 5.84. The van der Waals surface area contributed by atoms with Gasteiger partial charge in [-0.25, -0.2) is 0 Å². The zero-order valence-corrected chi connectivity index (χ0v) is 12.3. The number of rotatable bonds is 6. The largest absolute Gasteiger partial charge is 0.376 e. The second-order valence-corrected chi connectivity index (χ2v) is 5.40. The van der Waals surface area contributed by atoms with E-state index in [0.29, 0.717) is 19.8 Å². The standard InChI is InChI=1S/C16H18BrNO/c17-16-8-4-7-14(9-16)15(10-18)12-19-11-13-5-2-1-3-6-13/h1-9,15H,10-12,18H2. The Morgan fingerprint density at radius 3 is 2.53 bits per heavy atom. The van der Waals surface area contributed by atoms with E-state index in [2.05, 4.69) is 40.2 Å². The Labute approximate surface area is 122 Å². The minimum absolute atomic E-state index is 0.237. The van der Waals surface area contributed by atoms with E-state index in [1.54, 1.807) is 0 Å². The summed E-state index contributed by atoms with van der Waals surface area (Å²) in [6.45, 7) is 1.86. The summed E-state index contributed by atoms with van der Waals surface area (Å²) in [5.41, 5.74) is 8.24. The smallest absolute Gasteiger partial charge is 0.0717 e. The van der Waals surface area contributed by atoms with Crippen molar-refractivity contribution in [1.82, 2.24) is 0 Å². The Hall–Kier alpha value is -1.16. The highest BCUT2D eigenvalue weighted by Gasteiger charge is 2.10. The van der Waals surface area contributed by atoms with Crippen molar-refractivity contribution in [2.75, 3.05) is 13.2 Å². The molecule has 19 heavy (non-hydrogen) atoms. The summed E-state index contributed by atoms with van der Waals surface area (Å²) in [7, 11) is 0. The molecular weight excluding hydrogens is 302 g/mol. The van der Waals surface area contributed by atoms with Gasteiger partial charge in [0.05, 0.1) is 13.2 Å². The second kappa shape index (κ2) is 7.43. The highest BCUT2D eigenvalue weighted by molar-refractivity contribution is 9.10. The van der Waals surface area contributed by atoms with Gasteiger partial charge in [-0.1, -0.05) is 58.4 Å². The minimum atomic E-state index is 0.237. The van der Waals surface area contributed by atoms with Crippen LogP contribution in [-0.2, 0) is 11.3 Å². The molecular formula is C16H18BrNO. The first-order valence-electron chi connectivity index (χ1n) is 6.37. The lowest BCUT2D eigenvalue weighted by Crippen LogP contribution is -2.18. The Morgan fingerprint density at radius 2 is 1.84 bits per heavy atom. The van der Waals surface area contributed by atoms with Crippen molar-refractivity contribution in [1.29, 1.82) is 0 Å².